The van der Waals surface area contributed by atoms with Crippen molar-refractivity contribution in [3.63, 3.8) is 0 Å². The SMILES string of the molecule is COc1ccc(CN(C(=O)CNC(=O)c2cccs2)[C@H](C(=O)NC[C@H]2CCCO2)c2ccccc2)cc1. The predicted octanol–water partition coefficient (Wildman–Crippen LogP) is 3.55. The smallest absolute Gasteiger partial charge is 0.261 e. The highest BCUT2D eigenvalue weighted by Gasteiger charge is 2.32. The first-order chi connectivity index (χ1) is 18.0. The Morgan fingerprint density at radius 1 is 1.05 bits per heavy atom. The lowest BCUT2D eigenvalue weighted by Crippen LogP contribution is -2.47. The molecule has 1 fully saturated rings. The molecule has 0 unspecified atom stereocenters. The molecule has 8 nitrogen and oxygen atoms in total. The highest BCUT2D eigenvalue weighted by atomic mass is 32.1. The zero-order valence-corrected chi connectivity index (χ0v) is 21.5. The molecule has 0 saturated carbocycles. The highest BCUT2D eigenvalue weighted by Crippen LogP contribution is 2.25. The molecule has 3 aromatic rings. The molecule has 0 bridgehead atoms. The number of hydrogen-bond acceptors (Lipinski definition) is 6. The molecule has 2 heterocycles. The van der Waals surface area contributed by atoms with Crippen molar-refractivity contribution in [2.45, 2.75) is 31.5 Å². The molecule has 3 amide bonds. The summed E-state index contributed by atoms with van der Waals surface area (Å²) in [5.74, 6) is -0.305. The van der Waals surface area contributed by atoms with Gasteiger partial charge in [-0.2, -0.15) is 0 Å². The number of rotatable bonds is 11. The second kappa shape index (κ2) is 13.0. The van der Waals surface area contributed by atoms with Crippen LogP contribution >= 0.6 is 11.3 Å². The van der Waals surface area contributed by atoms with Gasteiger partial charge in [0.25, 0.3) is 5.91 Å². The van der Waals surface area contributed by atoms with Gasteiger partial charge in [0.05, 0.1) is 24.6 Å². The van der Waals surface area contributed by atoms with Gasteiger partial charge in [-0.1, -0.05) is 48.5 Å². The van der Waals surface area contributed by atoms with Gasteiger partial charge < -0.3 is 25.0 Å². The summed E-state index contributed by atoms with van der Waals surface area (Å²) in [7, 11) is 1.59. The van der Waals surface area contributed by atoms with Crippen LogP contribution in [0.4, 0.5) is 0 Å². The van der Waals surface area contributed by atoms with Crippen LogP contribution in [0.1, 0.15) is 39.7 Å². The monoisotopic (exact) mass is 521 g/mol. The summed E-state index contributed by atoms with van der Waals surface area (Å²) in [4.78, 5) is 41.7. The van der Waals surface area contributed by atoms with Crippen molar-refractivity contribution in [1.82, 2.24) is 15.5 Å². The van der Waals surface area contributed by atoms with Crippen molar-refractivity contribution in [3.05, 3.63) is 88.1 Å². The van der Waals surface area contributed by atoms with Crippen LogP contribution in [0.15, 0.2) is 72.1 Å². The largest absolute Gasteiger partial charge is 0.497 e. The minimum atomic E-state index is -0.893. The molecule has 0 spiro atoms. The fraction of sp³-hybridized carbons (Fsp3) is 0.321. The topological polar surface area (TPSA) is 97.0 Å². The molecular formula is C28H31N3O5S. The molecule has 9 heteroatoms. The van der Waals surface area contributed by atoms with Gasteiger partial charge in [0, 0.05) is 19.7 Å². The molecular weight excluding hydrogens is 490 g/mol. The molecule has 1 aromatic heterocycles. The molecule has 0 aliphatic carbocycles. The van der Waals surface area contributed by atoms with Crippen molar-refractivity contribution in [2.24, 2.45) is 0 Å². The number of nitrogens with one attached hydrogen (secondary N) is 2. The predicted molar refractivity (Wildman–Crippen MR) is 141 cm³/mol. The van der Waals surface area contributed by atoms with E-state index in [9.17, 15) is 14.4 Å². The van der Waals surface area contributed by atoms with E-state index in [-0.39, 0.29) is 36.9 Å². The van der Waals surface area contributed by atoms with Crippen LogP contribution in [0.2, 0.25) is 0 Å². The Morgan fingerprint density at radius 2 is 1.84 bits per heavy atom. The zero-order chi connectivity index (χ0) is 26.0. The Labute approximate surface area is 220 Å². The first kappa shape index (κ1) is 26.4. The van der Waals surface area contributed by atoms with E-state index in [0.717, 1.165) is 18.4 Å². The van der Waals surface area contributed by atoms with Crippen LogP contribution in [0.25, 0.3) is 0 Å². The summed E-state index contributed by atoms with van der Waals surface area (Å²) in [5, 5.41) is 7.49. The van der Waals surface area contributed by atoms with E-state index < -0.39 is 6.04 Å². The molecule has 1 aliphatic heterocycles. The lowest BCUT2D eigenvalue weighted by atomic mass is 10.0. The third-order valence-corrected chi connectivity index (χ3v) is 7.05. The van der Waals surface area contributed by atoms with Gasteiger partial charge in [-0.15, -0.1) is 11.3 Å². The summed E-state index contributed by atoms with van der Waals surface area (Å²) < 4.78 is 10.9. The van der Waals surface area contributed by atoms with E-state index >= 15 is 0 Å². The Balaban J connectivity index is 1.59. The average molecular weight is 522 g/mol. The fourth-order valence-corrected chi connectivity index (χ4v) is 4.87. The molecule has 37 heavy (non-hydrogen) atoms. The summed E-state index contributed by atoms with van der Waals surface area (Å²) in [6, 6.07) is 19.1. The standard InChI is InChI=1S/C28H31N3O5S/c1-35-22-13-11-20(12-14-22)19-31(25(32)18-30-27(33)24-10-6-16-37-24)26(21-7-3-2-4-8-21)28(34)29-17-23-9-5-15-36-23/h2-4,6-8,10-14,16,23,26H,5,9,15,17-19H2,1H3,(H,29,34)(H,30,33)/t23-,26+/m1/s1. The zero-order valence-electron chi connectivity index (χ0n) is 20.7. The van der Waals surface area contributed by atoms with Crippen LogP contribution < -0.4 is 15.4 Å². The molecule has 2 atom stereocenters. The Bertz CT molecular complexity index is 1160. The van der Waals surface area contributed by atoms with Crippen molar-refractivity contribution < 1.29 is 23.9 Å². The Morgan fingerprint density at radius 3 is 2.49 bits per heavy atom. The number of thiophene rings is 1. The lowest BCUT2D eigenvalue weighted by molar-refractivity contribution is -0.141. The molecule has 194 valence electrons. The molecule has 2 aromatic carbocycles. The van der Waals surface area contributed by atoms with E-state index in [4.69, 9.17) is 9.47 Å². The van der Waals surface area contributed by atoms with Crippen LogP contribution in [0.5, 0.6) is 5.75 Å². The van der Waals surface area contributed by atoms with Gasteiger partial charge >= 0.3 is 0 Å². The number of nitrogens with zero attached hydrogens (tertiary/aromatic N) is 1. The highest BCUT2D eigenvalue weighted by molar-refractivity contribution is 7.12. The minimum absolute atomic E-state index is 0.0313. The van der Waals surface area contributed by atoms with E-state index in [1.54, 1.807) is 24.6 Å². The third kappa shape index (κ3) is 7.18. The maximum Gasteiger partial charge on any atom is 0.261 e. The van der Waals surface area contributed by atoms with Gasteiger partial charge in [-0.3, -0.25) is 14.4 Å². The van der Waals surface area contributed by atoms with Gasteiger partial charge in [0.1, 0.15) is 11.8 Å². The summed E-state index contributed by atoms with van der Waals surface area (Å²) >= 11 is 1.30. The summed E-state index contributed by atoms with van der Waals surface area (Å²) in [6.07, 6.45) is 1.82. The number of ether oxygens (including phenoxy) is 2. The first-order valence-electron chi connectivity index (χ1n) is 12.2. The molecule has 2 N–H and O–H groups in total. The van der Waals surface area contributed by atoms with E-state index in [2.05, 4.69) is 10.6 Å². The van der Waals surface area contributed by atoms with Crippen molar-refractivity contribution >= 4 is 29.1 Å². The first-order valence-corrected chi connectivity index (χ1v) is 13.1. The Kier molecular flexibility index (Phi) is 9.29. The minimum Gasteiger partial charge on any atom is -0.497 e. The number of amides is 3. The lowest BCUT2D eigenvalue weighted by Gasteiger charge is -2.32. The average Bonchev–Trinajstić information content (AvgIpc) is 3.66. The second-order valence-electron chi connectivity index (χ2n) is 8.72. The number of methoxy groups -OCH3 is 1. The van der Waals surface area contributed by atoms with Gasteiger partial charge in [-0.05, 0) is 47.5 Å². The quantitative estimate of drug-likeness (QED) is 0.402. The normalized spacial score (nSPS) is 15.5. The van der Waals surface area contributed by atoms with Crippen LogP contribution in [0.3, 0.4) is 0 Å². The number of benzene rings is 2. The van der Waals surface area contributed by atoms with E-state index in [1.165, 1.54) is 16.2 Å². The third-order valence-electron chi connectivity index (χ3n) is 6.18. The number of hydrogen-bond donors (Lipinski definition) is 2. The van der Waals surface area contributed by atoms with Crippen molar-refractivity contribution in [3.8, 4) is 5.75 Å². The van der Waals surface area contributed by atoms with Gasteiger partial charge in [0.15, 0.2) is 0 Å². The molecule has 1 saturated heterocycles. The molecule has 0 radical (unpaired) electrons. The van der Waals surface area contributed by atoms with E-state index in [0.29, 0.717) is 29.3 Å². The maximum atomic E-state index is 13.6. The summed E-state index contributed by atoms with van der Waals surface area (Å²) in [6.45, 7) is 0.996. The van der Waals surface area contributed by atoms with Gasteiger partial charge in [-0.25, -0.2) is 0 Å². The summed E-state index contributed by atoms with van der Waals surface area (Å²) in [5.41, 5.74) is 1.50. The van der Waals surface area contributed by atoms with Crippen LogP contribution in [-0.2, 0) is 20.9 Å². The molecule has 1 aliphatic rings. The van der Waals surface area contributed by atoms with Crippen molar-refractivity contribution in [1.29, 1.82) is 0 Å². The van der Waals surface area contributed by atoms with Crippen LogP contribution in [-0.4, -0.2) is 55.5 Å². The number of carbonyl (C=O) groups excluding carboxylic acids is 3. The van der Waals surface area contributed by atoms with Crippen molar-refractivity contribution in [2.75, 3.05) is 26.8 Å². The fourth-order valence-electron chi connectivity index (χ4n) is 4.23. The van der Waals surface area contributed by atoms with Crippen LogP contribution in [0, 0.1) is 0 Å². The Hall–Kier alpha value is -3.69. The second-order valence-corrected chi connectivity index (χ2v) is 9.67. The number of carbonyl (C=O) groups is 3. The van der Waals surface area contributed by atoms with E-state index in [1.807, 2.05) is 54.6 Å². The molecule has 4 rings (SSSR count). The maximum absolute atomic E-state index is 13.6. The van der Waals surface area contributed by atoms with Gasteiger partial charge in [0.2, 0.25) is 11.8 Å².